The second-order valence-corrected chi connectivity index (χ2v) is 5.76. The molecule has 0 aliphatic rings. The Kier molecular flexibility index (Phi) is 3.23. The molecule has 23 heavy (non-hydrogen) atoms. The van der Waals surface area contributed by atoms with Gasteiger partial charge in [0.15, 0.2) is 5.82 Å². The Morgan fingerprint density at radius 2 is 1.65 bits per heavy atom. The molecule has 0 saturated carbocycles. The lowest BCUT2D eigenvalue weighted by Gasteiger charge is -2.14. The van der Waals surface area contributed by atoms with E-state index in [1.807, 2.05) is 73.3 Å². The van der Waals surface area contributed by atoms with Crippen molar-refractivity contribution in [1.82, 2.24) is 14.7 Å². The second kappa shape index (κ2) is 5.39. The van der Waals surface area contributed by atoms with Gasteiger partial charge < -0.3 is 4.84 Å². The van der Waals surface area contributed by atoms with Crippen LogP contribution in [0.1, 0.15) is 13.8 Å². The molecule has 2 aromatic heterocycles. The zero-order valence-corrected chi connectivity index (χ0v) is 13.1. The third-order valence-electron chi connectivity index (χ3n) is 3.70. The minimum Gasteiger partial charge on any atom is -0.409 e. The van der Waals surface area contributed by atoms with Gasteiger partial charge >= 0.3 is 0 Å². The zero-order chi connectivity index (χ0) is 15.8. The highest BCUT2D eigenvalue weighted by atomic mass is 16.7. The molecule has 0 fully saturated rings. The highest BCUT2D eigenvalue weighted by Gasteiger charge is 2.17. The first-order valence-corrected chi connectivity index (χ1v) is 7.73. The largest absolute Gasteiger partial charge is 0.409 e. The van der Waals surface area contributed by atoms with Crippen LogP contribution in [0.15, 0.2) is 60.8 Å². The summed E-state index contributed by atoms with van der Waals surface area (Å²) >= 11 is 0. The van der Waals surface area contributed by atoms with Gasteiger partial charge in [0.05, 0.1) is 11.7 Å². The molecule has 0 unspecified atom stereocenters. The lowest BCUT2D eigenvalue weighted by molar-refractivity contribution is 0.0711. The number of hydrogen-bond donors (Lipinski definition) is 0. The van der Waals surface area contributed by atoms with Crippen molar-refractivity contribution in [2.75, 3.05) is 0 Å². The van der Waals surface area contributed by atoms with E-state index < -0.39 is 0 Å². The van der Waals surface area contributed by atoms with Crippen LogP contribution in [0.4, 0.5) is 0 Å². The number of hydrogen-bond acceptors (Lipinski definition) is 3. The van der Waals surface area contributed by atoms with E-state index in [9.17, 15) is 0 Å². The van der Waals surface area contributed by atoms with Gasteiger partial charge in [-0.2, -0.15) is 4.73 Å². The molecule has 4 heteroatoms. The predicted octanol–water partition coefficient (Wildman–Crippen LogP) is 4.09. The van der Waals surface area contributed by atoms with Gasteiger partial charge in [-0.1, -0.05) is 48.5 Å². The molecule has 0 amide bonds. The summed E-state index contributed by atoms with van der Waals surface area (Å²) in [6.07, 6.45) is 1.85. The summed E-state index contributed by atoms with van der Waals surface area (Å²) in [5.74, 6) is 0.799. The van der Waals surface area contributed by atoms with Crippen LogP contribution in [-0.4, -0.2) is 20.8 Å². The van der Waals surface area contributed by atoms with Gasteiger partial charge in [0.2, 0.25) is 0 Å². The summed E-state index contributed by atoms with van der Waals surface area (Å²) in [5, 5.41) is 1.04. The van der Waals surface area contributed by atoms with Crippen LogP contribution in [0.3, 0.4) is 0 Å². The Balaban J connectivity index is 2.09. The minimum atomic E-state index is 0.0433. The Labute approximate surface area is 134 Å². The number of imidazole rings is 1. The summed E-state index contributed by atoms with van der Waals surface area (Å²) in [6.45, 7) is 4.04. The fraction of sp³-hybridized carbons (Fsp3) is 0.158. The standard InChI is InChI=1S/C19H17N3O/c1-13(2)23-22-18-15-10-6-7-11-16(15)20-12-17(18)21-19(22)14-8-4-3-5-9-14/h3-13H,1-2H3. The van der Waals surface area contributed by atoms with Crippen LogP contribution in [-0.2, 0) is 0 Å². The second-order valence-electron chi connectivity index (χ2n) is 5.76. The van der Waals surface area contributed by atoms with E-state index in [0.717, 1.165) is 33.3 Å². The average Bonchev–Trinajstić information content (AvgIpc) is 2.94. The van der Waals surface area contributed by atoms with Crippen molar-refractivity contribution in [2.24, 2.45) is 0 Å². The third kappa shape index (κ3) is 2.32. The van der Waals surface area contributed by atoms with Gasteiger partial charge in [0.1, 0.15) is 17.1 Å². The van der Waals surface area contributed by atoms with Gasteiger partial charge in [0.25, 0.3) is 0 Å². The number of pyridine rings is 1. The van der Waals surface area contributed by atoms with Crippen LogP contribution >= 0.6 is 0 Å². The molecule has 2 heterocycles. The summed E-state index contributed by atoms with van der Waals surface area (Å²) in [5.41, 5.74) is 3.76. The first-order valence-electron chi connectivity index (χ1n) is 7.73. The quantitative estimate of drug-likeness (QED) is 0.572. The van der Waals surface area contributed by atoms with E-state index >= 15 is 0 Å². The molecule has 0 bridgehead atoms. The van der Waals surface area contributed by atoms with Crippen LogP contribution in [0.25, 0.3) is 33.3 Å². The van der Waals surface area contributed by atoms with Crippen molar-refractivity contribution < 1.29 is 4.84 Å². The first kappa shape index (κ1) is 13.8. The molecule has 0 saturated heterocycles. The monoisotopic (exact) mass is 303 g/mol. The van der Waals surface area contributed by atoms with Gasteiger partial charge in [-0.3, -0.25) is 4.98 Å². The highest BCUT2D eigenvalue weighted by molar-refractivity contribution is 6.03. The van der Waals surface area contributed by atoms with Crippen LogP contribution < -0.4 is 4.84 Å². The Morgan fingerprint density at radius 1 is 0.913 bits per heavy atom. The smallest absolute Gasteiger partial charge is 0.176 e. The average molecular weight is 303 g/mol. The predicted molar refractivity (Wildman–Crippen MR) is 92.2 cm³/mol. The number of nitrogens with zero attached hydrogens (tertiary/aromatic N) is 3. The molecule has 0 N–H and O–H groups in total. The molecule has 4 aromatic rings. The lowest BCUT2D eigenvalue weighted by Crippen LogP contribution is -2.20. The van der Waals surface area contributed by atoms with Gasteiger partial charge in [-0.05, 0) is 19.9 Å². The SMILES string of the molecule is CC(C)On1c(-c2ccccc2)nc2cnc3ccccc3c21. The fourth-order valence-corrected chi connectivity index (χ4v) is 2.76. The number of rotatable bonds is 3. The summed E-state index contributed by atoms with van der Waals surface area (Å²) in [6, 6.07) is 18.1. The zero-order valence-electron chi connectivity index (χ0n) is 13.1. The molecule has 4 nitrogen and oxygen atoms in total. The maximum Gasteiger partial charge on any atom is 0.176 e. The molecule has 0 spiro atoms. The first-order chi connectivity index (χ1) is 11.2. The van der Waals surface area contributed by atoms with Crippen LogP contribution in [0.2, 0.25) is 0 Å². The van der Waals surface area contributed by atoms with Crippen molar-refractivity contribution in [1.29, 1.82) is 0 Å². The molecule has 114 valence electrons. The molecule has 0 aliphatic carbocycles. The molecule has 0 radical (unpaired) electrons. The third-order valence-corrected chi connectivity index (χ3v) is 3.70. The van der Waals surface area contributed by atoms with E-state index in [1.54, 1.807) is 0 Å². The molecular formula is C19H17N3O. The van der Waals surface area contributed by atoms with E-state index in [2.05, 4.69) is 11.1 Å². The molecule has 4 rings (SSSR count). The maximum absolute atomic E-state index is 6.09. The van der Waals surface area contributed by atoms with Crippen molar-refractivity contribution in [3.63, 3.8) is 0 Å². The topological polar surface area (TPSA) is 39.9 Å². The van der Waals surface area contributed by atoms with E-state index in [-0.39, 0.29) is 6.10 Å². The normalized spacial score (nSPS) is 11.4. The summed E-state index contributed by atoms with van der Waals surface area (Å²) < 4.78 is 1.85. The molecular weight excluding hydrogens is 286 g/mol. The fourth-order valence-electron chi connectivity index (χ4n) is 2.76. The van der Waals surface area contributed by atoms with E-state index in [4.69, 9.17) is 9.82 Å². The Morgan fingerprint density at radius 3 is 2.43 bits per heavy atom. The molecule has 0 aliphatic heterocycles. The number of fused-ring (bicyclic) bond motifs is 3. The minimum absolute atomic E-state index is 0.0433. The van der Waals surface area contributed by atoms with E-state index in [1.165, 1.54) is 0 Å². The lowest BCUT2D eigenvalue weighted by atomic mass is 10.2. The summed E-state index contributed by atoms with van der Waals surface area (Å²) in [7, 11) is 0. The van der Waals surface area contributed by atoms with Crippen molar-refractivity contribution in [3.05, 3.63) is 60.8 Å². The van der Waals surface area contributed by atoms with Gasteiger partial charge in [-0.25, -0.2) is 4.98 Å². The highest BCUT2D eigenvalue weighted by Crippen LogP contribution is 2.28. The molecule has 2 aromatic carbocycles. The van der Waals surface area contributed by atoms with Crippen molar-refractivity contribution in [3.8, 4) is 11.4 Å². The number of para-hydroxylation sites is 1. The number of aromatic nitrogens is 3. The Bertz CT molecular complexity index is 974. The number of benzene rings is 2. The van der Waals surface area contributed by atoms with Crippen LogP contribution in [0.5, 0.6) is 0 Å². The summed E-state index contributed by atoms with van der Waals surface area (Å²) in [4.78, 5) is 15.4. The van der Waals surface area contributed by atoms with E-state index in [0.29, 0.717) is 0 Å². The van der Waals surface area contributed by atoms with Crippen molar-refractivity contribution >= 4 is 21.9 Å². The van der Waals surface area contributed by atoms with Gasteiger partial charge in [0, 0.05) is 10.9 Å². The molecule has 0 atom stereocenters. The van der Waals surface area contributed by atoms with Crippen molar-refractivity contribution in [2.45, 2.75) is 20.0 Å². The van der Waals surface area contributed by atoms with Crippen LogP contribution in [0, 0.1) is 0 Å². The van der Waals surface area contributed by atoms with Gasteiger partial charge in [-0.15, -0.1) is 0 Å². The maximum atomic E-state index is 6.09. The Hall–Kier alpha value is -2.88.